The predicted octanol–water partition coefficient (Wildman–Crippen LogP) is 2.79. The zero-order valence-corrected chi connectivity index (χ0v) is 13.8. The molecule has 0 fully saturated rings. The molecule has 1 aliphatic heterocycles. The van der Waals surface area contributed by atoms with Crippen LogP contribution in [0, 0.1) is 0 Å². The van der Waals surface area contributed by atoms with Crippen LogP contribution in [0.4, 0.5) is 11.4 Å². The molecule has 5 heteroatoms. The monoisotopic (exact) mass is 324 g/mol. The first-order valence-electron chi connectivity index (χ1n) is 7.89. The molecule has 3 rings (SSSR count). The number of anilines is 2. The number of fused-ring (bicyclic) bond motifs is 1. The van der Waals surface area contributed by atoms with Gasteiger partial charge in [0, 0.05) is 24.8 Å². The Morgan fingerprint density at radius 2 is 2.04 bits per heavy atom. The third-order valence-electron chi connectivity index (χ3n) is 4.25. The SMILES string of the molecule is COc1ccccc1CCC(=O)Nc1ccc2c(c1)CC(=O)N2C. The summed E-state index contributed by atoms with van der Waals surface area (Å²) in [6.07, 6.45) is 1.37. The molecule has 2 aromatic carbocycles. The van der Waals surface area contributed by atoms with Gasteiger partial charge in [0.2, 0.25) is 11.8 Å². The minimum Gasteiger partial charge on any atom is -0.496 e. The van der Waals surface area contributed by atoms with Gasteiger partial charge >= 0.3 is 0 Å². The number of likely N-dealkylation sites (N-methyl/N-ethyl adjacent to an activating group) is 1. The third-order valence-corrected chi connectivity index (χ3v) is 4.25. The molecule has 0 radical (unpaired) electrons. The van der Waals surface area contributed by atoms with Crippen LogP contribution in [0.2, 0.25) is 0 Å². The number of para-hydroxylation sites is 1. The third kappa shape index (κ3) is 3.25. The molecular formula is C19H20N2O3. The van der Waals surface area contributed by atoms with Crippen molar-refractivity contribution in [2.24, 2.45) is 0 Å². The van der Waals surface area contributed by atoms with Crippen LogP contribution in [-0.4, -0.2) is 26.0 Å². The van der Waals surface area contributed by atoms with Gasteiger partial charge in [-0.2, -0.15) is 0 Å². The second-order valence-electron chi connectivity index (χ2n) is 5.83. The molecule has 0 aliphatic carbocycles. The van der Waals surface area contributed by atoms with Gasteiger partial charge in [0.05, 0.1) is 13.5 Å². The van der Waals surface area contributed by atoms with Crippen molar-refractivity contribution in [1.82, 2.24) is 0 Å². The summed E-state index contributed by atoms with van der Waals surface area (Å²) in [5.74, 6) is 0.813. The molecule has 0 saturated heterocycles. The molecule has 2 aromatic rings. The number of aryl methyl sites for hydroxylation is 1. The molecule has 0 spiro atoms. The quantitative estimate of drug-likeness (QED) is 0.920. The van der Waals surface area contributed by atoms with Gasteiger partial charge in [0.1, 0.15) is 5.75 Å². The summed E-state index contributed by atoms with van der Waals surface area (Å²) in [6.45, 7) is 0. The van der Waals surface area contributed by atoms with Gasteiger partial charge in [-0.1, -0.05) is 18.2 Å². The maximum atomic E-state index is 12.2. The average Bonchev–Trinajstić information content (AvgIpc) is 2.87. The predicted molar refractivity (Wildman–Crippen MR) is 93.5 cm³/mol. The van der Waals surface area contributed by atoms with E-state index in [2.05, 4.69) is 5.32 Å². The fourth-order valence-electron chi connectivity index (χ4n) is 2.93. The topological polar surface area (TPSA) is 58.6 Å². The molecule has 24 heavy (non-hydrogen) atoms. The molecule has 1 N–H and O–H groups in total. The molecular weight excluding hydrogens is 304 g/mol. The highest BCUT2D eigenvalue weighted by Gasteiger charge is 2.24. The van der Waals surface area contributed by atoms with Gasteiger partial charge in [0.25, 0.3) is 0 Å². The standard InChI is InChI=1S/C19H20N2O3/c1-21-16-9-8-15(11-14(16)12-19(21)23)20-18(22)10-7-13-5-3-4-6-17(13)24-2/h3-6,8-9,11H,7,10,12H2,1-2H3,(H,20,22). The van der Waals surface area contributed by atoms with Gasteiger partial charge in [-0.15, -0.1) is 0 Å². The lowest BCUT2D eigenvalue weighted by Gasteiger charge is -2.11. The summed E-state index contributed by atoms with van der Waals surface area (Å²) in [4.78, 5) is 25.5. The van der Waals surface area contributed by atoms with E-state index in [1.807, 2.05) is 42.5 Å². The van der Waals surface area contributed by atoms with E-state index >= 15 is 0 Å². The molecule has 2 amide bonds. The van der Waals surface area contributed by atoms with Gasteiger partial charge < -0.3 is 15.0 Å². The van der Waals surface area contributed by atoms with Crippen molar-refractivity contribution < 1.29 is 14.3 Å². The number of amides is 2. The molecule has 0 atom stereocenters. The van der Waals surface area contributed by atoms with Crippen LogP contribution in [0.3, 0.4) is 0 Å². The Morgan fingerprint density at radius 1 is 1.25 bits per heavy atom. The summed E-state index contributed by atoms with van der Waals surface area (Å²) in [7, 11) is 3.39. The lowest BCUT2D eigenvalue weighted by atomic mass is 10.1. The molecule has 0 aromatic heterocycles. The zero-order chi connectivity index (χ0) is 17.1. The first-order chi connectivity index (χ1) is 11.6. The van der Waals surface area contributed by atoms with Crippen molar-refractivity contribution in [2.75, 3.05) is 24.4 Å². The van der Waals surface area contributed by atoms with E-state index in [-0.39, 0.29) is 11.8 Å². The molecule has 0 saturated carbocycles. The lowest BCUT2D eigenvalue weighted by Crippen LogP contribution is -2.20. The molecule has 0 bridgehead atoms. The maximum absolute atomic E-state index is 12.2. The van der Waals surface area contributed by atoms with Crippen molar-refractivity contribution in [1.29, 1.82) is 0 Å². The number of nitrogens with zero attached hydrogens (tertiary/aromatic N) is 1. The lowest BCUT2D eigenvalue weighted by molar-refractivity contribution is -0.117. The van der Waals surface area contributed by atoms with Crippen LogP contribution in [0.25, 0.3) is 0 Å². The minimum atomic E-state index is -0.0569. The second kappa shape index (κ2) is 6.74. The van der Waals surface area contributed by atoms with Crippen LogP contribution in [0.1, 0.15) is 17.5 Å². The van der Waals surface area contributed by atoms with E-state index in [1.165, 1.54) is 0 Å². The van der Waals surface area contributed by atoms with Gasteiger partial charge in [-0.05, 0) is 41.8 Å². The largest absolute Gasteiger partial charge is 0.496 e. The van der Waals surface area contributed by atoms with Gasteiger partial charge in [-0.3, -0.25) is 9.59 Å². The highest BCUT2D eigenvalue weighted by Crippen LogP contribution is 2.30. The van der Waals surface area contributed by atoms with E-state index in [4.69, 9.17) is 4.74 Å². The Bertz CT molecular complexity index is 786. The van der Waals surface area contributed by atoms with E-state index in [9.17, 15) is 9.59 Å². The minimum absolute atomic E-state index is 0.0569. The first kappa shape index (κ1) is 16.1. The number of ether oxygens (including phenoxy) is 1. The van der Waals surface area contributed by atoms with Crippen LogP contribution in [0.5, 0.6) is 5.75 Å². The fraction of sp³-hybridized carbons (Fsp3) is 0.263. The van der Waals surface area contributed by atoms with Crippen molar-refractivity contribution in [3.05, 3.63) is 53.6 Å². The smallest absolute Gasteiger partial charge is 0.231 e. The molecule has 1 aliphatic rings. The Hall–Kier alpha value is -2.82. The van der Waals surface area contributed by atoms with Gasteiger partial charge in [-0.25, -0.2) is 0 Å². The Kier molecular flexibility index (Phi) is 4.51. The Balaban J connectivity index is 1.62. The number of rotatable bonds is 5. The van der Waals surface area contributed by atoms with E-state index in [1.54, 1.807) is 19.1 Å². The van der Waals surface area contributed by atoms with E-state index in [0.717, 1.165) is 28.3 Å². The summed E-state index contributed by atoms with van der Waals surface area (Å²) in [5, 5.41) is 2.90. The fourth-order valence-corrected chi connectivity index (χ4v) is 2.93. The molecule has 5 nitrogen and oxygen atoms in total. The normalized spacial score (nSPS) is 12.9. The highest BCUT2D eigenvalue weighted by molar-refractivity contribution is 6.02. The summed E-state index contributed by atoms with van der Waals surface area (Å²) in [5.41, 5.74) is 3.59. The van der Waals surface area contributed by atoms with Crippen LogP contribution >= 0.6 is 0 Å². The van der Waals surface area contributed by atoms with Crippen LogP contribution < -0.4 is 15.0 Å². The summed E-state index contributed by atoms with van der Waals surface area (Å²) < 4.78 is 5.30. The summed E-state index contributed by atoms with van der Waals surface area (Å²) >= 11 is 0. The van der Waals surface area contributed by atoms with Crippen molar-refractivity contribution >= 4 is 23.2 Å². The highest BCUT2D eigenvalue weighted by atomic mass is 16.5. The number of methoxy groups -OCH3 is 1. The zero-order valence-electron chi connectivity index (χ0n) is 13.8. The number of benzene rings is 2. The van der Waals surface area contributed by atoms with Crippen molar-refractivity contribution in [2.45, 2.75) is 19.3 Å². The first-order valence-corrected chi connectivity index (χ1v) is 7.89. The Morgan fingerprint density at radius 3 is 2.83 bits per heavy atom. The molecule has 1 heterocycles. The number of hydrogen-bond acceptors (Lipinski definition) is 3. The summed E-state index contributed by atoms with van der Waals surface area (Å²) in [6, 6.07) is 13.3. The van der Waals surface area contributed by atoms with E-state index in [0.29, 0.717) is 19.3 Å². The van der Waals surface area contributed by atoms with E-state index < -0.39 is 0 Å². The maximum Gasteiger partial charge on any atom is 0.231 e. The van der Waals surface area contributed by atoms with Crippen molar-refractivity contribution in [3.63, 3.8) is 0 Å². The Labute approximate surface area is 141 Å². The molecule has 0 unspecified atom stereocenters. The average molecular weight is 324 g/mol. The number of carbonyl (C=O) groups excluding carboxylic acids is 2. The second-order valence-corrected chi connectivity index (χ2v) is 5.83. The van der Waals surface area contributed by atoms with Crippen molar-refractivity contribution in [3.8, 4) is 5.75 Å². The number of carbonyl (C=O) groups is 2. The number of nitrogens with one attached hydrogen (secondary N) is 1. The number of hydrogen-bond donors (Lipinski definition) is 1. The van der Waals surface area contributed by atoms with Crippen LogP contribution in [0.15, 0.2) is 42.5 Å². The van der Waals surface area contributed by atoms with Gasteiger partial charge in [0.15, 0.2) is 0 Å². The van der Waals surface area contributed by atoms with Crippen LogP contribution in [-0.2, 0) is 22.4 Å². The molecule has 124 valence electrons.